The van der Waals surface area contributed by atoms with Crippen LogP contribution in [-0.4, -0.2) is 4.98 Å². The predicted molar refractivity (Wildman–Crippen MR) is 200 cm³/mol. The van der Waals surface area contributed by atoms with Crippen molar-refractivity contribution in [3.63, 3.8) is 0 Å². The molecular formula is C43H26N2O2S. The van der Waals surface area contributed by atoms with Crippen molar-refractivity contribution < 1.29 is 8.83 Å². The molecule has 0 fully saturated rings. The molecule has 0 saturated carbocycles. The van der Waals surface area contributed by atoms with Gasteiger partial charge >= 0.3 is 0 Å². The Labute approximate surface area is 279 Å². The molecule has 0 aliphatic rings. The van der Waals surface area contributed by atoms with Crippen LogP contribution in [0, 0.1) is 0 Å². The van der Waals surface area contributed by atoms with Crippen LogP contribution in [0.5, 0.6) is 0 Å². The van der Waals surface area contributed by atoms with Crippen molar-refractivity contribution in [2.45, 2.75) is 0 Å². The van der Waals surface area contributed by atoms with Crippen molar-refractivity contribution in [1.29, 1.82) is 0 Å². The summed E-state index contributed by atoms with van der Waals surface area (Å²) >= 11 is 1.83. The number of aromatic nitrogens is 1. The first-order valence-electron chi connectivity index (χ1n) is 16.0. The average molecular weight is 635 g/mol. The second kappa shape index (κ2) is 10.7. The Morgan fingerprint density at radius 2 is 1.15 bits per heavy atom. The summed E-state index contributed by atoms with van der Waals surface area (Å²) in [6.07, 6.45) is 0. The van der Waals surface area contributed by atoms with Crippen molar-refractivity contribution in [3.8, 4) is 22.6 Å². The summed E-state index contributed by atoms with van der Waals surface area (Å²) in [4.78, 5) is 7.29. The summed E-state index contributed by atoms with van der Waals surface area (Å²) in [5.41, 5.74) is 9.65. The largest absolute Gasteiger partial charge is 0.456 e. The fourth-order valence-electron chi connectivity index (χ4n) is 6.89. The zero-order valence-electron chi connectivity index (χ0n) is 25.6. The molecule has 0 aliphatic heterocycles. The standard InChI is InChI=1S/C43H26N2O2S/c1-3-10-27(11-4-1)28-18-20-30(21-19-28)45(34-15-9-17-39-40(34)33-14-7-8-16-38(33)48-39)31-22-23-32-37(26-31)46-35-24-25-36-42(41(32)35)44-43(47-36)29-12-5-2-6-13-29/h1-26H. The summed E-state index contributed by atoms with van der Waals surface area (Å²) in [7, 11) is 0. The maximum absolute atomic E-state index is 6.55. The van der Waals surface area contributed by atoms with Gasteiger partial charge in [0.15, 0.2) is 5.58 Å². The SMILES string of the molecule is c1ccc(-c2ccc(N(c3ccc4c(c3)oc3ccc5oc(-c6ccccc6)nc5c34)c3cccc4sc5ccccc5c34)cc2)cc1. The molecule has 0 saturated heterocycles. The summed E-state index contributed by atoms with van der Waals surface area (Å²) in [5, 5.41) is 4.47. The van der Waals surface area contributed by atoms with Crippen molar-refractivity contribution in [3.05, 3.63) is 158 Å². The van der Waals surface area contributed by atoms with Gasteiger partial charge in [-0.2, -0.15) is 0 Å². The average Bonchev–Trinajstić information content (AvgIpc) is 3.86. The van der Waals surface area contributed by atoms with E-state index in [0.717, 1.165) is 55.7 Å². The minimum Gasteiger partial charge on any atom is -0.456 e. The van der Waals surface area contributed by atoms with Gasteiger partial charge in [-0.25, -0.2) is 4.98 Å². The lowest BCUT2D eigenvalue weighted by Gasteiger charge is -2.26. The van der Waals surface area contributed by atoms with E-state index in [9.17, 15) is 0 Å². The topological polar surface area (TPSA) is 42.4 Å². The number of nitrogens with zero attached hydrogens (tertiary/aromatic N) is 2. The van der Waals surface area contributed by atoms with Gasteiger partial charge in [0.1, 0.15) is 16.7 Å². The molecule has 10 rings (SSSR count). The van der Waals surface area contributed by atoms with Gasteiger partial charge in [0.25, 0.3) is 0 Å². The van der Waals surface area contributed by atoms with Crippen LogP contribution in [0.1, 0.15) is 0 Å². The maximum atomic E-state index is 6.55. The number of rotatable bonds is 5. The Balaban J connectivity index is 1.17. The lowest BCUT2D eigenvalue weighted by molar-refractivity contribution is 0.619. The fourth-order valence-corrected chi connectivity index (χ4v) is 8.01. The predicted octanol–water partition coefficient (Wildman–Crippen LogP) is 12.9. The summed E-state index contributed by atoms with van der Waals surface area (Å²) in [5.74, 6) is 0.602. The minimum atomic E-state index is 0.602. The summed E-state index contributed by atoms with van der Waals surface area (Å²) < 4.78 is 15.3. The van der Waals surface area contributed by atoms with E-state index in [-0.39, 0.29) is 0 Å². The normalized spacial score (nSPS) is 11.8. The van der Waals surface area contributed by atoms with E-state index in [1.165, 1.54) is 31.3 Å². The third-order valence-electron chi connectivity index (χ3n) is 9.11. The van der Waals surface area contributed by atoms with Gasteiger partial charge in [0.2, 0.25) is 5.89 Å². The van der Waals surface area contributed by atoms with Gasteiger partial charge in [-0.1, -0.05) is 84.9 Å². The van der Waals surface area contributed by atoms with Crippen molar-refractivity contribution in [2.24, 2.45) is 0 Å². The first kappa shape index (κ1) is 27.0. The Morgan fingerprint density at radius 1 is 0.458 bits per heavy atom. The third kappa shape index (κ3) is 4.25. The molecule has 0 bridgehead atoms. The van der Waals surface area contributed by atoms with E-state index in [2.05, 4.69) is 120 Å². The Bertz CT molecular complexity index is 2780. The molecule has 0 spiro atoms. The van der Waals surface area contributed by atoms with Crippen LogP contribution < -0.4 is 4.90 Å². The van der Waals surface area contributed by atoms with Crippen molar-refractivity contribution in [1.82, 2.24) is 4.98 Å². The van der Waals surface area contributed by atoms with Crippen LogP contribution in [-0.2, 0) is 0 Å². The molecule has 226 valence electrons. The van der Waals surface area contributed by atoms with Gasteiger partial charge < -0.3 is 13.7 Å². The summed E-state index contributed by atoms with van der Waals surface area (Å²) in [6, 6.07) is 55.0. The molecule has 0 unspecified atom stereocenters. The Morgan fingerprint density at radius 3 is 1.98 bits per heavy atom. The molecule has 0 radical (unpaired) electrons. The second-order valence-electron chi connectivity index (χ2n) is 11.9. The van der Waals surface area contributed by atoms with E-state index in [1.807, 2.05) is 53.8 Å². The van der Waals surface area contributed by atoms with Gasteiger partial charge in [0, 0.05) is 48.6 Å². The van der Waals surface area contributed by atoms with E-state index in [1.54, 1.807) is 0 Å². The highest BCUT2D eigenvalue weighted by Gasteiger charge is 2.21. The first-order valence-corrected chi connectivity index (χ1v) is 16.8. The van der Waals surface area contributed by atoms with Crippen LogP contribution in [0.3, 0.4) is 0 Å². The highest BCUT2D eigenvalue weighted by molar-refractivity contribution is 7.26. The third-order valence-corrected chi connectivity index (χ3v) is 10.2. The zero-order valence-corrected chi connectivity index (χ0v) is 26.4. The number of anilines is 3. The molecule has 7 aromatic carbocycles. The number of hydrogen-bond acceptors (Lipinski definition) is 5. The fraction of sp³-hybridized carbons (Fsp3) is 0. The number of thiophene rings is 1. The minimum absolute atomic E-state index is 0.602. The number of fused-ring (bicyclic) bond motifs is 8. The molecule has 5 heteroatoms. The van der Waals surface area contributed by atoms with Crippen LogP contribution in [0.2, 0.25) is 0 Å². The van der Waals surface area contributed by atoms with Crippen LogP contribution in [0.25, 0.3) is 75.8 Å². The van der Waals surface area contributed by atoms with E-state index in [4.69, 9.17) is 13.8 Å². The van der Waals surface area contributed by atoms with Gasteiger partial charge in [-0.15, -0.1) is 11.3 Å². The Kier molecular flexibility index (Phi) is 6.01. The monoisotopic (exact) mass is 634 g/mol. The number of benzene rings is 7. The lowest BCUT2D eigenvalue weighted by atomic mass is 10.0. The number of furan rings is 1. The van der Waals surface area contributed by atoms with Crippen LogP contribution in [0.15, 0.2) is 167 Å². The first-order chi connectivity index (χ1) is 23.8. The molecule has 0 N–H and O–H groups in total. The molecular weight excluding hydrogens is 609 g/mol. The molecule has 3 aromatic heterocycles. The number of hydrogen-bond donors (Lipinski definition) is 0. The second-order valence-corrected chi connectivity index (χ2v) is 13.0. The van der Waals surface area contributed by atoms with E-state index in [0.29, 0.717) is 5.89 Å². The molecule has 0 aliphatic carbocycles. The van der Waals surface area contributed by atoms with Crippen LogP contribution >= 0.6 is 11.3 Å². The quantitative estimate of drug-likeness (QED) is 0.189. The highest BCUT2D eigenvalue weighted by atomic mass is 32.1. The van der Waals surface area contributed by atoms with Gasteiger partial charge in [-0.05, 0) is 77.9 Å². The lowest BCUT2D eigenvalue weighted by Crippen LogP contribution is -2.10. The Hall–Kier alpha value is -6.17. The van der Waals surface area contributed by atoms with E-state index >= 15 is 0 Å². The van der Waals surface area contributed by atoms with Gasteiger partial charge in [-0.3, -0.25) is 0 Å². The number of oxazole rings is 1. The molecule has 10 aromatic rings. The highest BCUT2D eigenvalue weighted by Crippen LogP contribution is 2.46. The molecule has 4 nitrogen and oxygen atoms in total. The molecule has 0 amide bonds. The molecule has 0 atom stereocenters. The van der Waals surface area contributed by atoms with Crippen LogP contribution in [0.4, 0.5) is 17.1 Å². The van der Waals surface area contributed by atoms with Gasteiger partial charge in [0.05, 0.1) is 11.1 Å². The van der Waals surface area contributed by atoms with E-state index < -0.39 is 0 Å². The van der Waals surface area contributed by atoms with Crippen molar-refractivity contribution in [2.75, 3.05) is 4.90 Å². The maximum Gasteiger partial charge on any atom is 0.227 e. The zero-order chi connectivity index (χ0) is 31.6. The summed E-state index contributed by atoms with van der Waals surface area (Å²) in [6.45, 7) is 0. The molecule has 3 heterocycles. The smallest absolute Gasteiger partial charge is 0.227 e. The van der Waals surface area contributed by atoms with Crippen molar-refractivity contribution >= 4 is 81.6 Å². The molecule has 48 heavy (non-hydrogen) atoms.